The zero-order valence-corrected chi connectivity index (χ0v) is 12.8. The van der Waals surface area contributed by atoms with Crippen molar-refractivity contribution in [2.75, 3.05) is 30.8 Å². The van der Waals surface area contributed by atoms with Crippen molar-refractivity contribution < 1.29 is 4.74 Å². The molecule has 8 nitrogen and oxygen atoms in total. The summed E-state index contributed by atoms with van der Waals surface area (Å²) in [5, 5.41) is 3.15. The molecular formula is C14H22N6O2. The van der Waals surface area contributed by atoms with Gasteiger partial charge in [-0.3, -0.25) is 4.57 Å². The van der Waals surface area contributed by atoms with Gasteiger partial charge in [-0.05, 0) is 12.8 Å². The predicted octanol–water partition coefficient (Wildman–Crippen LogP) is 0.950. The van der Waals surface area contributed by atoms with E-state index in [0.717, 1.165) is 32.4 Å². The summed E-state index contributed by atoms with van der Waals surface area (Å²) in [6.45, 7) is 4.92. The van der Waals surface area contributed by atoms with Crippen LogP contribution < -0.4 is 16.7 Å². The smallest absolute Gasteiger partial charge is 0.327 e. The van der Waals surface area contributed by atoms with Gasteiger partial charge >= 0.3 is 5.69 Å². The van der Waals surface area contributed by atoms with Crippen molar-refractivity contribution in [3.63, 3.8) is 0 Å². The number of H-pyrrole nitrogens is 1. The summed E-state index contributed by atoms with van der Waals surface area (Å²) in [6, 6.07) is 0. The van der Waals surface area contributed by atoms with Crippen LogP contribution in [0, 0.1) is 5.92 Å². The van der Waals surface area contributed by atoms with Crippen LogP contribution in [0.25, 0.3) is 11.2 Å². The third-order valence-corrected chi connectivity index (χ3v) is 3.93. The lowest BCUT2D eigenvalue weighted by Crippen LogP contribution is -2.22. The lowest BCUT2D eigenvalue weighted by atomic mass is 10.1. The number of aromatic amines is 1. The van der Waals surface area contributed by atoms with Crippen LogP contribution in [-0.2, 0) is 11.3 Å². The Balaban J connectivity index is 1.92. The number of ether oxygens (including phenoxy) is 1. The third-order valence-electron chi connectivity index (χ3n) is 3.93. The number of nitrogens with one attached hydrogen (secondary N) is 2. The third kappa shape index (κ3) is 2.92. The van der Waals surface area contributed by atoms with Crippen LogP contribution in [-0.4, -0.2) is 39.3 Å². The van der Waals surface area contributed by atoms with Crippen LogP contribution in [0.4, 0.5) is 11.8 Å². The molecular weight excluding hydrogens is 284 g/mol. The first-order chi connectivity index (χ1) is 10.7. The van der Waals surface area contributed by atoms with Crippen molar-refractivity contribution >= 4 is 22.9 Å². The van der Waals surface area contributed by atoms with E-state index in [-0.39, 0.29) is 5.69 Å². The molecule has 0 aromatic carbocycles. The summed E-state index contributed by atoms with van der Waals surface area (Å²) in [4.78, 5) is 23.6. The molecule has 8 heteroatoms. The van der Waals surface area contributed by atoms with Crippen LogP contribution in [0.5, 0.6) is 0 Å². The zero-order valence-electron chi connectivity index (χ0n) is 12.8. The van der Waals surface area contributed by atoms with Crippen LogP contribution in [0.2, 0.25) is 0 Å². The van der Waals surface area contributed by atoms with E-state index in [4.69, 9.17) is 10.5 Å². The lowest BCUT2D eigenvalue weighted by Gasteiger charge is -2.09. The van der Waals surface area contributed by atoms with Crippen molar-refractivity contribution in [2.45, 2.75) is 32.7 Å². The number of rotatable bonds is 6. The highest BCUT2D eigenvalue weighted by molar-refractivity contribution is 5.82. The molecule has 2 aromatic heterocycles. The molecule has 1 atom stereocenters. The van der Waals surface area contributed by atoms with E-state index in [0.29, 0.717) is 42.0 Å². The summed E-state index contributed by atoms with van der Waals surface area (Å²) in [6.07, 6.45) is 3.07. The summed E-state index contributed by atoms with van der Waals surface area (Å²) < 4.78 is 7.01. The monoisotopic (exact) mass is 306 g/mol. The van der Waals surface area contributed by atoms with Crippen molar-refractivity contribution in [1.82, 2.24) is 19.5 Å². The molecule has 0 saturated carbocycles. The van der Waals surface area contributed by atoms with E-state index in [1.54, 1.807) is 4.57 Å². The van der Waals surface area contributed by atoms with E-state index in [9.17, 15) is 4.79 Å². The number of unbranched alkanes of at least 4 members (excludes halogenated alkanes) is 1. The first kappa shape index (κ1) is 14.8. The molecule has 1 aliphatic rings. The highest BCUT2D eigenvalue weighted by atomic mass is 16.5. The lowest BCUT2D eigenvalue weighted by molar-refractivity contribution is 0.182. The topological polar surface area (TPSA) is 111 Å². The second kappa shape index (κ2) is 6.35. The number of nitrogen functional groups attached to an aromatic ring is 1. The number of nitrogens with zero attached hydrogens (tertiary/aromatic N) is 3. The molecule has 4 N–H and O–H groups in total. The highest BCUT2D eigenvalue weighted by Gasteiger charge is 2.20. The average molecular weight is 306 g/mol. The maximum Gasteiger partial charge on any atom is 0.327 e. The Labute approximate surface area is 128 Å². The Bertz CT molecular complexity index is 701. The molecule has 120 valence electrons. The minimum Gasteiger partial charge on any atom is -0.382 e. The standard InChI is InChI=1S/C14H22N6O2/c1-2-3-5-16-13-18-11(15)10-12(19-13)20(14(21)17-10)7-9-4-6-22-8-9/h9H,2-8H2,1H3,(H,17,21)(H3,15,16,18,19). The maximum absolute atomic E-state index is 12.2. The highest BCUT2D eigenvalue weighted by Crippen LogP contribution is 2.20. The molecule has 1 saturated heterocycles. The molecule has 3 rings (SSSR count). The number of aromatic nitrogens is 4. The van der Waals surface area contributed by atoms with Gasteiger partial charge in [-0.25, -0.2) is 4.79 Å². The average Bonchev–Trinajstić information content (AvgIpc) is 3.10. The molecule has 2 aromatic rings. The quantitative estimate of drug-likeness (QED) is 0.685. The Morgan fingerprint density at radius 2 is 2.36 bits per heavy atom. The molecule has 0 radical (unpaired) electrons. The number of hydrogen-bond donors (Lipinski definition) is 3. The van der Waals surface area contributed by atoms with Crippen LogP contribution in [0.1, 0.15) is 26.2 Å². The summed E-state index contributed by atoms with van der Waals surface area (Å²) in [7, 11) is 0. The van der Waals surface area contributed by atoms with Gasteiger partial charge in [-0.2, -0.15) is 9.97 Å². The SMILES string of the molecule is CCCCNc1nc(N)c2[nH]c(=O)n(CC3CCOC3)c2n1. The molecule has 1 fully saturated rings. The first-order valence-corrected chi connectivity index (χ1v) is 7.76. The summed E-state index contributed by atoms with van der Waals surface area (Å²) in [5.41, 5.74) is 6.82. The second-order valence-corrected chi connectivity index (χ2v) is 5.68. The normalized spacial score (nSPS) is 18.1. The van der Waals surface area contributed by atoms with Gasteiger partial charge in [0.15, 0.2) is 11.5 Å². The number of anilines is 2. The predicted molar refractivity (Wildman–Crippen MR) is 84.9 cm³/mol. The van der Waals surface area contributed by atoms with Crippen molar-refractivity contribution in [3.8, 4) is 0 Å². The Morgan fingerprint density at radius 3 is 3.09 bits per heavy atom. The van der Waals surface area contributed by atoms with Crippen molar-refractivity contribution in [3.05, 3.63) is 10.5 Å². The van der Waals surface area contributed by atoms with Crippen LogP contribution in [0.15, 0.2) is 4.79 Å². The van der Waals surface area contributed by atoms with Crippen LogP contribution >= 0.6 is 0 Å². The van der Waals surface area contributed by atoms with Crippen LogP contribution in [0.3, 0.4) is 0 Å². The van der Waals surface area contributed by atoms with Crippen molar-refractivity contribution in [2.24, 2.45) is 5.92 Å². The minimum absolute atomic E-state index is 0.200. The molecule has 0 spiro atoms. The van der Waals surface area contributed by atoms with Crippen molar-refractivity contribution in [1.29, 1.82) is 0 Å². The number of fused-ring (bicyclic) bond motifs is 1. The van der Waals surface area contributed by atoms with E-state index < -0.39 is 0 Å². The fourth-order valence-electron chi connectivity index (χ4n) is 2.66. The molecule has 3 heterocycles. The molecule has 22 heavy (non-hydrogen) atoms. The van der Waals surface area contributed by atoms with Gasteiger partial charge in [0.1, 0.15) is 5.52 Å². The largest absolute Gasteiger partial charge is 0.382 e. The van der Waals surface area contributed by atoms with E-state index in [1.807, 2.05) is 0 Å². The number of hydrogen-bond acceptors (Lipinski definition) is 6. The first-order valence-electron chi connectivity index (χ1n) is 7.76. The van der Waals surface area contributed by atoms with Gasteiger partial charge in [-0.15, -0.1) is 0 Å². The molecule has 0 bridgehead atoms. The zero-order chi connectivity index (χ0) is 15.5. The molecule has 0 amide bonds. The van der Waals surface area contributed by atoms with E-state index in [1.165, 1.54) is 0 Å². The van der Waals surface area contributed by atoms with Gasteiger partial charge in [0.25, 0.3) is 0 Å². The van der Waals surface area contributed by atoms with Gasteiger partial charge in [-0.1, -0.05) is 13.3 Å². The minimum atomic E-state index is -0.200. The fraction of sp³-hybridized carbons (Fsp3) is 0.643. The van der Waals surface area contributed by atoms with E-state index in [2.05, 4.69) is 27.2 Å². The number of nitrogens with two attached hydrogens (primary N) is 1. The summed E-state index contributed by atoms with van der Waals surface area (Å²) in [5.74, 6) is 1.10. The summed E-state index contributed by atoms with van der Waals surface area (Å²) >= 11 is 0. The molecule has 0 aliphatic carbocycles. The Hall–Kier alpha value is -2.09. The maximum atomic E-state index is 12.2. The fourth-order valence-corrected chi connectivity index (χ4v) is 2.66. The number of imidazole rings is 1. The van der Waals surface area contributed by atoms with Gasteiger partial charge in [0, 0.05) is 25.6 Å². The van der Waals surface area contributed by atoms with E-state index >= 15 is 0 Å². The Kier molecular flexibility index (Phi) is 4.28. The molecule has 1 aliphatic heterocycles. The van der Waals surface area contributed by atoms with Gasteiger partial charge in [0.2, 0.25) is 5.95 Å². The second-order valence-electron chi connectivity index (χ2n) is 5.68. The van der Waals surface area contributed by atoms with Gasteiger partial charge in [0.05, 0.1) is 6.61 Å². The van der Waals surface area contributed by atoms with Gasteiger partial charge < -0.3 is 20.8 Å². The Morgan fingerprint density at radius 1 is 1.50 bits per heavy atom. The molecule has 1 unspecified atom stereocenters.